The number of hydrogen-bond donors (Lipinski definition) is 1. The van der Waals surface area contributed by atoms with Crippen LogP contribution in [0.5, 0.6) is 0 Å². The molecule has 9 heavy (non-hydrogen) atoms. The lowest BCUT2D eigenvalue weighted by atomic mass is 9.96. The molecule has 1 nitrogen and oxygen atoms in total. The van der Waals surface area contributed by atoms with E-state index in [1.807, 2.05) is 20.8 Å². The van der Waals surface area contributed by atoms with E-state index in [2.05, 4.69) is 6.58 Å². The molecule has 0 amide bonds. The van der Waals surface area contributed by atoms with Crippen molar-refractivity contribution in [3.63, 3.8) is 0 Å². The molecule has 0 unspecified atom stereocenters. The van der Waals surface area contributed by atoms with Crippen LogP contribution in [0.25, 0.3) is 0 Å². The summed E-state index contributed by atoms with van der Waals surface area (Å²) in [4.78, 5) is 0. The molecule has 0 aliphatic rings. The van der Waals surface area contributed by atoms with Crippen molar-refractivity contribution in [2.24, 2.45) is 0 Å². The maximum Gasteiger partial charge on any atom is 0.0653 e. The van der Waals surface area contributed by atoms with Crippen molar-refractivity contribution in [2.45, 2.75) is 39.2 Å². The summed E-state index contributed by atoms with van der Waals surface area (Å²) in [6, 6.07) is 0. The molecule has 0 aliphatic heterocycles. The largest absolute Gasteiger partial charge is 0.390 e. The minimum absolute atomic E-state index is 0.536. The van der Waals surface area contributed by atoms with Gasteiger partial charge in [0, 0.05) is 0 Å². The van der Waals surface area contributed by atoms with Crippen molar-refractivity contribution in [1.29, 1.82) is 0 Å². The second-order valence-electron chi connectivity index (χ2n) is 2.98. The van der Waals surface area contributed by atoms with E-state index in [9.17, 15) is 5.11 Å². The molecule has 0 aromatic heterocycles. The van der Waals surface area contributed by atoms with E-state index >= 15 is 0 Å². The Bertz CT molecular complexity index is 103. The van der Waals surface area contributed by atoms with Crippen LogP contribution in [0.4, 0.5) is 0 Å². The van der Waals surface area contributed by atoms with Gasteiger partial charge in [-0.05, 0) is 26.7 Å². The Kier molecular flexibility index (Phi) is 2.92. The first kappa shape index (κ1) is 8.70. The quantitative estimate of drug-likeness (QED) is 0.577. The normalized spacial score (nSPS) is 16.9. The van der Waals surface area contributed by atoms with Crippen LogP contribution >= 0.6 is 0 Å². The Hall–Kier alpha value is -0.300. The summed E-state index contributed by atoms with van der Waals surface area (Å²) in [6.07, 6.45) is 1.50. The van der Waals surface area contributed by atoms with Gasteiger partial charge in [-0.1, -0.05) is 12.5 Å². The average Bonchev–Trinajstić information content (AvgIpc) is 1.63. The fraction of sp³-hybridized carbons (Fsp3) is 0.750. The second-order valence-corrected chi connectivity index (χ2v) is 2.98. The first-order chi connectivity index (χ1) is 3.98. The number of hydrogen-bond acceptors (Lipinski definition) is 1. The molecule has 0 saturated carbocycles. The predicted octanol–water partition coefficient (Wildman–Crippen LogP) is 2.11. The maximum absolute atomic E-state index is 9.43. The Balaban J connectivity index is 3.71. The first-order valence-electron chi connectivity index (χ1n) is 3.34. The summed E-state index contributed by atoms with van der Waals surface area (Å²) in [5, 5.41) is 9.43. The smallest absolute Gasteiger partial charge is 0.0653 e. The highest BCUT2D eigenvalue weighted by Crippen LogP contribution is 2.17. The van der Waals surface area contributed by atoms with Gasteiger partial charge in [0.25, 0.3) is 0 Å². The minimum atomic E-state index is -0.536. The zero-order valence-corrected chi connectivity index (χ0v) is 6.57. The van der Waals surface area contributed by atoms with Crippen LogP contribution in [0.3, 0.4) is 0 Å². The van der Waals surface area contributed by atoms with Gasteiger partial charge >= 0.3 is 0 Å². The molecule has 0 saturated heterocycles. The van der Waals surface area contributed by atoms with Crippen molar-refractivity contribution in [2.75, 3.05) is 0 Å². The third-order valence-corrected chi connectivity index (χ3v) is 1.44. The molecule has 0 aromatic carbocycles. The highest BCUT2D eigenvalue weighted by atomic mass is 16.3. The van der Waals surface area contributed by atoms with Crippen molar-refractivity contribution < 1.29 is 5.11 Å². The van der Waals surface area contributed by atoms with Crippen LogP contribution < -0.4 is 0 Å². The molecule has 0 aliphatic carbocycles. The van der Waals surface area contributed by atoms with Crippen LogP contribution in [-0.4, -0.2) is 10.7 Å². The van der Waals surface area contributed by atoms with Gasteiger partial charge in [0.05, 0.1) is 5.60 Å². The third-order valence-electron chi connectivity index (χ3n) is 1.44. The van der Waals surface area contributed by atoms with Crippen LogP contribution in [-0.2, 0) is 0 Å². The molecule has 0 heterocycles. The van der Waals surface area contributed by atoms with E-state index in [4.69, 9.17) is 0 Å². The lowest BCUT2D eigenvalue weighted by molar-refractivity contribution is 0.0566. The summed E-state index contributed by atoms with van der Waals surface area (Å²) < 4.78 is 0. The molecular weight excluding hydrogens is 112 g/mol. The standard InChI is InChI=1S/C8H16O/c1-5-8(4,9)6-7(2)3/h9H,2,5-6H2,1,3-4H3/t8-/m0/s1. The van der Waals surface area contributed by atoms with Crippen LogP contribution in [0, 0.1) is 0 Å². The molecule has 1 N–H and O–H groups in total. The average molecular weight is 128 g/mol. The molecule has 0 bridgehead atoms. The van der Waals surface area contributed by atoms with E-state index < -0.39 is 5.60 Å². The topological polar surface area (TPSA) is 20.2 Å². The number of rotatable bonds is 3. The van der Waals surface area contributed by atoms with E-state index in [0.29, 0.717) is 6.42 Å². The lowest BCUT2D eigenvalue weighted by Crippen LogP contribution is -2.22. The Morgan fingerprint density at radius 3 is 2.22 bits per heavy atom. The summed E-state index contributed by atoms with van der Waals surface area (Å²) in [5.74, 6) is 0. The highest BCUT2D eigenvalue weighted by Gasteiger charge is 2.16. The minimum Gasteiger partial charge on any atom is -0.390 e. The Labute approximate surface area is 57.4 Å². The molecule has 0 radical (unpaired) electrons. The van der Waals surface area contributed by atoms with Crippen molar-refractivity contribution in [3.8, 4) is 0 Å². The second kappa shape index (κ2) is 3.02. The van der Waals surface area contributed by atoms with Gasteiger partial charge in [0.15, 0.2) is 0 Å². The van der Waals surface area contributed by atoms with E-state index in [0.717, 1.165) is 12.0 Å². The lowest BCUT2D eigenvalue weighted by Gasteiger charge is -2.20. The molecule has 0 fully saturated rings. The monoisotopic (exact) mass is 128 g/mol. The van der Waals surface area contributed by atoms with Gasteiger partial charge in [-0.25, -0.2) is 0 Å². The van der Waals surface area contributed by atoms with Gasteiger partial charge in [-0.2, -0.15) is 0 Å². The molecule has 0 rings (SSSR count). The van der Waals surface area contributed by atoms with Gasteiger partial charge in [0.2, 0.25) is 0 Å². The van der Waals surface area contributed by atoms with Gasteiger partial charge in [-0.15, -0.1) is 6.58 Å². The van der Waals surface area contributed by atoms with Crippen LogP contribution in [0.15, 0.2) is 12.2 Å². The third kappa shape index (κ3) is 4.22. The van der Waals surface area contributed by atoms with E-state index in [1.54, 1.807) is 0 Å². The fourth-order valence-electron chi connectivity index (χ4n) is 0.775. The zero-order valence-electron chi connectivity index (χ0n) is 6.57. The van der Waals surface area contributed by atoms with Gasteiger partial charge in [-0.3, -0.25) is 0 Å². The molecule has 1 heteroatoms. The van der Waals surface area contributed by atoms with Crippen LogP contribution in [0.1, 0.15) is 33.6 Å². The SMILES string of the molecule is C=C(C)C[C@@](C)(O)CC. The van der Waals surface area contributed by atoms with Crippen molar-refractivity contribution >= 4 is 0 Å². The molecular formula is C8H16O. The summed E-state index contributed by atoms with van der Waals surface area (Å²) in [6.45, 7) is 9.47. The van der Waals surface area contributed by atoms with E-state index in [-0.39, 0.29) is 0 Å². The molecule has 1 atom stereocenters. The summed E-state index contributed by atoms with van der Waals surface area (Å²) in [5.41, 5.74) is 0.508. The summed E-state index contributed by atoms with van der Waals surface area (Å²) in [7, 11) is 0. The van der Waals surface area contributed by atoms with Crippen molar-refractivity contribution in [3.05, 3.63) is 12.2 Å². The highest BCUT2D eigenvalue weighted by molar-refractivity contribution is 4.94. The fourth-order valence-corrected chi connectivity index (χ4v) is 0.775. The first-order valence-corrected chi connectivity index (χ1v) is 3.34. The number of aliphatic hydroxyl groups is 1. The van der Waals surface area contributed by atoms with Crippen molar-refractivity contribution in [1.82, 2.24) is 0 Å². The predicted molar refractivity (Wildman–Crippen MR) is 40.3 cm³/mol. The molecule has 0 spiro atoms. The Morgan fingerprint density at radius 1 is 1.67 bits per heavy atom. The Morgan fingerprint density at radius 2 is 2.11 bits per heavy atom. The van der Waals surface area contributed by atoms with E-state index in [1.165, 1.54) is 0 Å². The maximum atomic E-state index is 9.43. The molecule has 0 aromatic rings. The van der Waals surface area contributed by atoms with Gasteiger partial charge < -0.3 is 5.11 Å². The van der Waals surface area contributed by atoms with Crippen LogP contribution in [0.2, 0.25) is 0 Å². The summed E-state index contributed by atoms with van der Waals surface area (Å²) >= 11 is 0. The van der Waals surface area contributed by atoms with Gasteiger partial charge in [0.1, 0.15) is 0 Å². The zero-order chi connectivity index (χ0) is 7.49. The molecule has 54 valence electrons.